The van der Waals surface area contributed by atoms with E-state index in [9.17, 15) is 19.6 Å². The number of para-hydroxylation sites is 1. The van der Waals surface area contributed by atoms with E-state index in [4.69, 9.17) is 5.73 Å². The van der Waals surface area contributed by atoms with Gasteiger partial charge in [-0.15, -0.1) is 0 Å². The molecule has 0 aliphatic carbocycles. The Morgan fingerprint density at radius 1 is 1.03 bits per heavy atom. The highest BCUT2D eigenvalue weighted by molar-refractivity contribution is 6.43. The minimum Gasteiger partial charge on any atom is -0.426 e. The van der Waals surface area contributed by atoms with Crippen molar-refractivity contribution in [2.24, 2.45) is 11.8 Å². The van der Waals surface area contributed by atoms with Gasteiger partial charge in [0.2, 0.25) is 5.91 Å². The number of hydrogen-bond acceptors (Lipinski definition) is 5. The Balaban J connectivity index is 1.60. The van der Waals surface area contributed by atoms with Crippen LogP contribution in [0.2, 0.25) is 0 Å². The highest BCUT2D eigenvalue weighted by Gasteiger charge is 2.31. The fraction of sp³-hybridized carbons (Fsp3) is 0.286. The quantitative estimate of drug-likeness (QED) is 0.132. The van der Waals surface area contributed by atoms with Crippen molar-refractivity contribution in [3.63, 3.8) is 0 Å². The molecular weight excluding hydrogens is 453 g/mol. The molecule has 0 aliphatic rings. The van der Waals surface area contributed by atoms with Crippen molar-refractivity contribution in [3.8, 4) is 0 Å². The molecule has 0 saturated carbocycles. The molecule has 3 aromatic carbocycles. The van der Waals surface area contributed by atoms with Gasteiger partial charge in [-0.05, 0) is 59.4 Å². The number of nitrogen functional groups attached to an aromatic ring is 1. The molecule has 186 valence electrons. The molecule has 0 fully saturated rings. The predicted molar refractivity (Wildman–Crippen MR) is 144 cm³/mol. The van der Waals surface area contributed by atoms with Gasteiger partial charge in [-0.3, -0.25) is 9.59 Å². The number of nitrogens with two attached hydrogens (primary N) is 1. The number of carbonyl (C=O) groups excluding carboxylic acids is 2. The third-order valence-corrected chi connectivity index (χ3v) is 6.54. The number of anilines is 1. The number of amides is 1. The Labute approximate surface area is 210 Å². The third kappa shape index (κ3) is 5.95. The normalized spacial score (nSPS) is 13.1. The highest BCUT2D eigenvalue weighted by Crippen LogP contribution is 2.25. The topological polar surface area (TPSA) is 128 Å². The van der Waals surface area contributed by atoms with E-state index in [2.05, 4.69) is 10.3 Å². The Kier molecular flexibility index (Phi) is 7.77. The number of fused-ring (bicyclic) bond motifs is 2. The van der Waals surface area contributed by atoms with E-state index < -0.39 is 19.0 Å². The largest absolute Gasteiger partial charge is 0.475 e. The van der Waals surface area contributed by atoms with Crippen LogP contribution in [0.1, 0.15) is 42.6 Å². The van der Waals surface area contributed by atoms with Crippen LogP contribution in [-0.4, -0.2) is 39.8 Å². The van der Waals surface area contributed by atoms with Crippen molar-refractivity contribution in [1.29, 1.82) is 0 Å². The van der Waals surface area contributed by atoms with Gasteiger partial charge in [0.15, 0.2) is 5.78 Å². The van der Waals surface area contributed by atoms with E-state index in [0.717, 1.165) is 27.2 Å². The van der Waals surface area contributed by atoms with Crippen LogP contribution in [0.5, 0.6) is 0 Å². The second-order valence-electron chi connectivity index (χ2n) is 9.87. The number of Topliss-reactive ketones (excluding diaryl/α,β-unsaturated/α-hetero) is 1. The molecule has 7 nitrogen and oxygen atoms in total. The Bertz CT molecular complexity index is 1380. The summed E-state index contributed by atoms with van der Waals surface area (Å²) in [4.78, 5) is 30.0. The standard InChI is InChI=1S/C28H32BN3O4/c1-17(2)11-27(29(35)36)32-28(34)21(13-22-16-31-25-6-4-3-5-24(22)25)15-26(33)20-8-7-19-14-23(30)10-9-18(19)12-20/h3-10,12,14,16-17,21,27,31,35-36H,11,13,15,30H2,1-2H3,(H,32,34)/t21-,27+/m1/s1. The number of ketones is 1. The first-order valence-electron chi connectivity index (χ1n) is 12.2. The number of H-pyrrole nitrogens is 1. The molecule has 1 heterocycles. The van der Waals surface area contributed by atoms with Crippen LogP contribution >= 0.6 is 0 Å². The lowest BCUT2D eigenvalue weighted by Gasteiger charge is -2.23. The summed E-state index contributed by atoms with van der Waals surface area (Å²) in [5, 5.41) is 25.3. The molecule has 1 aromatic heterocycles. The van der Waals surface area contributed by atoms with E-state index in [1.54, 1.807) is 12.1 Å². The molecule has 0 unspecified atom stereocenters. The average Bonchev–Trinajstić information content (AvgIpc) is 3.25. The molecule has 0 radical (unpaired) electrons. The van der Waals surface area contributed by atoms with Crippen molar-refractivity contribution in [2.75, 3.05) is 5.73 Å². The number of aromatic amines is 1. The van der Waals surface area contributed by atoms with Gasteiger partial charge in [0.05, 0.1) is 5.94 Å². The van der Waals surface area contributed by atoms with Gasteiger partial charge in [-0.1, -0.05) is 50.2 Å². The van der Waals surface area contributed by atoms with Gasteiger partial charge in [-0.2, -0.15) is 0 Å². The lowest BCUT2D eigenvalue weighted by Crippen LogP contribution is -2.49. The number of hydrogen-bond donors (Lipinski definition) is 5. The van der Waals surface area contributed by atoms with Crippen LogP contribution in [0.15, 0.2) is 66.9 Å². The zero-order chi connectivity index (χ0) is 25.8. The lowest BCUT2D eigenvalue weighted by molar-refractivity contribution is -0.125. The maximum atomic E-state index is 13.4. The maximum Gasteiger partial charge on any atom is 0.475 e. The Morgan fingerprint density at radius 3 is 2.50 bits per heavy atom. The smallest absolute Gasteiger partial charge is 0.426 e. The van der Waals surface area contributed by atoms with Crippen molar-refractivity contribution in [2.45, 2.75) is 39.1 Å². The fourth-order valence-corrected chi connectivity index (χ4v) is 4.67. The fourth-order valence-electron chi connectivity index (χ4n) is 4.67. The lowest BCUT2D eigenvalue weighted by atomic mass is 9.74. The zero-order valence-electron chi connectivity index (χ0n) is 20.6. The Morgan fingerprint density at radius 2 is 1.75 bits per heavy atom. The molecule has 0 bridgehead atoms. The summed E-state index contributed by atoms with van der Waals surface area (Å²) in [5.74, 6) is -1.88. The first-order valence-corrected chi connectivity index (χ1v) is 12.2. The molecule has 0 aliphatic heterocycles. The van der Waals surface area contributed by atoms with Crippen LogP contribution in [0, 0.1) is 11.8 Å². The number of carbonyl (C=O) groups is 2. The van der Waals surface area contributed by atoms with Gasteiger partial charge in [0.25, 0.3) is 0 Å². The third-order valence-electron chi connectivity index (χ3n) is 6.54. The van der Waals surface area contributed by atoms with Crippen LogP contribution in [0.25, 0.3) is 21.7 Å². The summed E-state index contributed by atoms with van der Waals surface area (Å²) in [6.07, 6.45) is 2.59. The summed E-state index contributed by atoms with van der Waals surface area (Å²) >= 11 is 0. The van der Waals surface area contributed by atoms with Crippen molar-refractivity contribution >= 4 is 46.2 Å². The molecule has 8 heteroatoms. The van der Waals surface area contributed by atoms with E-state index in [1.165, 1.54) is 0 Å². The minimum absolute atomic E-state index is 0.0122. The molecule has 0 saturated heterocycles. The molecule has 0 spiro atoms. The van der Waals surface area contributed by atoms with Gasteiger partial charge >= 0.3 is 7.12 Å². The van der Waals surface area contributed by atoms with Crippen molar-refractivity contribution < 1.29 is 19.6 Å². The van der Waals surface area contributed by atoms with Gasteiger partial charge < -0.3 is 26.1 Å². The SMILES string of the molecule is CC(C)C[C@H](NC(=O)[C@@H](CC(=O)c1ccc2cc(N)ccc2c1)Cc1c[nH]c2ccccc12)B(O)O. The number of aromatic nitrogens is 1. The first kappa shape index (κ1) is 25.5. The number of benzene rings is 3. The van der Waals surface area contributed by atoms with Gasteiger partial charge in [0.1, 0.15) is 0 Å². The molecule has 4 rings (SSSR count). The second kappa shape index (κ2) is 11.0. The number of nitrogens with one attached hydrogen (secondary N) is 2. The summed E-state index contributed by atoms with van der Waals surface area (Å²) < 4.78 is 0. The van der Waals surface area contributed by atoms with E-state index in [1.807, 2.05) is 68.6 Å². The maximum absolute atomic E-state index is 13.4. The molecule has 1 amide bonds. The summed E-state index contributed by atoms with van der Waals surface area (Å²) in [6.45, 7) is 3.89. The van der Waals surface area contributed by atoms with Crippen LogP contribution in [-0.2, 0) is 11.2 Å². The molecule has 2 atom stereocenters. The first-order chi connectivity index (χ1) is 17.2. The van der Waals surface area contributed by atoms with Crippen LogP contribution in [0.4, 0.5) is 5.69 Å². The van der Waals surface area contributed by atoms with E-state index in [-0.39, 0.29) is 24.0 Å². The minimum atomic E-state index is -1.69. The highest BCUT2D eigenvalue weighted by atomic mass is 16.4. The molecule has 4 aromatic rings. The zero-order valence-corrected chi connectivity index (χ0v) is 20.6. The van der Waals surface area contributed by atoms with Crippen LogP contribution < -0.4 is 11.1 Å². The van der Waals surface area contributed by atoms with Crippen molar-refractivity contribution in [1.82, 2.24) is 10.3 Å². The van der Waals surface area contributed by atoms with Gasteiger partial charge in [-0.25, -0.2) is 0 Å². The Hall–Kier alpha value is -3.62. The average molecular weight is 485 g/mol. The van der Waals surface area contributed by atoms with E-state index >= 15 is 0 Å². The summed E-state index contributed by atoms with van der Waals surface area (Å²) in [6, 6.07) is 18.7. The van der Waals surface area contributed by atoms with Gasteiger partial charge in [0, 0.05) is 40.7 Å². The molecule has 6 N–H and O–H groups in total. The van der Waals surface area contributed by atoms with Crippen molar-refractivity contribution in [3.05, 3.63) is 78.0 Å². The summed E-state index contributed by atoms with van der Waals surface area (Å²) in [7, 11) is -1.69. The molecule has 36 heavy (non-hydrogen) atoms. The molecular formula is C28H32BN3O4. The second-order valence-corrected chi connectivity index (χ2v) is 9.87. The van der Waals surface area contributed by atoms with Crippen LogP contribution in [0.3, 0.4) is 0 Å². The van der Waals surface area contributed by atoms with E-state index in [0.29, 0.717) is 24.1 Å². The monoisotopic (exact) mass is 485 g/mol. The predicted octanol–water partition coefficient (Wildman–Crippen LogP) is 3.88. The summed E-state index contributed by atoms with van der Waals surface area (Å²) in [5.41, 5.74) is 8.92. The number of rotatable bonds is 10.